The average molecular weight is 580 g/mol. The topological polar surface area (TPSA) is 158 Å². The number of carboxylic acid groups (broad SMARTS) is 1. The molecule has 2 N–H and O–H groups in total. The first-order valence-electron chi connectivity index (χ1n) is 13.1. The van der Waals surface area contributed by atoms with Gasteiger partial charge in [-0.25, -0.2) is 14.8 Å². The zero-order valence-electron chi connectivity index (χ0n) is 21.9. The lowest BCUT2D eigenvalue weighted by atomic mass is 9.97. The van der Waals surface area contributed by atoms with Crippen LogP contribution in [0.5, 0.6) is 0 Å². The largest absolute Gasteiger partial charge is 0.480 e. The van der Waals surface area contributed by atoms with Crippen LogP contribution in [0.25, 0.3) is 11.2 Å². The fourth-order valence-electron chi connectivity index (χ4n) is 5.22. The maximum atomic E-state index is 13.5. The van der Waals surface area contributed by atoms with Crippen molar-refractivity contribution in [1.29, 1.82) is 0 Å². The van der Waals surface area contributed by atoms with Crippen molar-refractivity contribution in [2.75, 3.05) is 37.6 Å². The second kappa shape index (κ2) is 10.1. The molecule has 0 atom stereocenters. The highest BCUT2D eigenvalue weighted by Crippen LogP contribution is 2.52. The molecule has 2 saturated heterocycles. The molecule has 13 nitrogen and oxygen atoms in total. The minimum absolute atomic E-state index is 0.0945. The summed E-state index contributed by atoms with van der Waals surface area (Å²) in [6, 6.07) is 7.62. The standard InChI is InChI=1S/C27H26ClN7O6/c28-17-3-1-16(2-4-17)10-30-24(39)18-9-19-23(35(25(18)40)12-21(36)33-14-27(15-33)5-6-27)29-11-20(31-19)34-8-7-32(26(34)41)13-22(37)38/h1-4,9,11H,5-8,10,12-15H2,(H,30,39)(H,37,38). The van der Waals surface area contributed by atoms with Crippen LogP contribution in [0.15, 0.2) is 41.3 Å². The molecule has 1 saturated carbocycles. The van der Waals surface area contributed by atoms with Gasteiger partial charge in [0.25, 0.3) is 11.5 Å². The second-order valence-corrected chi connectivity index (χ2v) is 11.1. The Bertz CT molecular complexity index is 1640. The molecule has 41 heavy (non-hydrogen) atoms. The summed E-state index contributed by atoms with van der Waals surface area (Å²) >= 11 is 5.93. The van der Waals surface area contributed by atoms with Crippen LogP contribution >= 0.6 is 11.6 Å². The van der Waals surface area contributed by atoms with Gasteiger partial charge in [0.15, 0.2) is 11.5 Å². The molecule has 2 aliphatic heterocycles. The van der Waals surface area contributed by atoms with E-state index in [1.165, 1.54) is 22.1 Å². The van der Waals surface area contributed by atoms with E-state index in [2.05, 4.69) is 15.3 Å². The molecule has 1 spiro atoms. The Morgan fingerprint density at radius 1 is 1.05 bits per heavy atom. The molecule has 3 aromatic rings. The number of benzene rings is 1. The number of pyridine rings is 1. The summed E-state index contributed by atoms with van der Waals surface area (Å²) in [5.41, 5.74) is 0.320. The van der Waals surface area contributed by atoms with E-state index in [9.17, 15) is 24.0 Å². The van der Waals surface area contributed by atoms with E-state index >= 15 is 0 Å². The Balaban J connectivity index is 1.32. The van der Waals surface area contributed by atoms with Crippen molar-refractivity contribution < 1.29 is 24.3 Å². The first-order valence-corrected chi connectivity index (χ1v) is 13.5. The molecule has 3 fully saturated rings. The summed E-state index contributed by atoms with van der Waals surface area (Å²) in [6.45, 7) is 1.05. The molecule has 0 bridgehead atoms. The van der Waals surface area contributed by atoms with Crippen molar-refractivity contribution in [3.63, 3.8) is 0 Å². The summed E-state index contributed by atoms with van der Waals surface area (Å²) in [5.74, 6) is -1.92. The number of anilines is 1. The number of hydrogen-bond donors (Lipinski definition) is 2. The van der Waals surface area contributed by atoms with Gasteiger partial charge in [0.1, 0.15) is 24.2 Å². The molecular weight excluding hydrogens is 554 g/mol. The number of fused-ring (bicyclic) bond motifs is 1. The first kappa shape index (κ1) is 26.7. The van der Waals surface area contributed by atoms with Gasteiger partial charge < -0.3 is 20.2 Å². The van der Waals surface area contributed by atoms with E-state index < -0.39 is 30.0 Å². The first-order chi connectivity index (χ1) is 19.6. The molecule has 2 aromatic heterocycles. The molecule has 3 aliphatic rings. The fraction of sp³-hybridized carbons (Fsp3) is 0.370. The van der Waals surface area contributed by atoms with Crippen LogP contribution in [-0.4, -0.2) is 86.0 Å². The number of likely N-dealkylation sites (tertiary alicyclic amines) is 1. The van der Waals surface area contributed by atoms with Crippen LogP contribution in [0, 0.1) is 5.41 Å². The van der Waals surface area contributed by atoms with Crippen LogP contribution in [0.1, 0.15) is 28.8 Å². The number of aromatic nitrogens is 3. The summed E-state index contributed by atoms with van der Waals surface area (Å²) in [4.78, 5) is 76.7. The zero-order valence-corrected chi connectivity index (χ0v) is 22.6. The van der Waals surface area contributed by atoms with Gasteiger partial charge in [0.05, 0.1) is 6.20 Å². The number of urea groups is 1. The number of halogens is 1. The highest BCUT2D eigenvalue weighted by atomic mass is 35.5. The lowest BCUT2D eigenvalue weighted by molar-refractivity contribution is -0.139. The number of nitrogens with zero attached hydrogens (tertiary/aromatic N) is 6. The van der Waals surface area contributed by atoms with Crippen molar-refractivity contribution in [3.05, 3.63) is 63.0 Å². The van der Waals surface area contributed by atoms with Gasteiger partial charge >= 0.3 is 12.0 Å². The van der Waals surface area contributed by atoms with E-state index in [-0.39, 0.29) is 60.0 Å². The summed E-state index contributed by atoms with van der Waals surface area (Å²) in [5, 5.41) is 12.3. The minimum Gasteiger partial charge on any atom is -0.480 e. The van der Waals surface area contributed by atoms with Gasteiger partial charge in [-0.2, -0.15) is 0 Å². The minimum atomic E-state index is -1.14. The van der Waals surface area contributed by atoms with Gasteiger partial charge in [-0.15, -0.1) is 0 Å². The van der Waals surface area contributed by atoms with E-state index in [4.69, 9.17) is 16.7 Å². The Kier molecular flexibility index (Phi) is 6.60. The van der Waals surface area contributed by atoms with Crippen LogP contribution < -0.4 is 15.8 Å². The highest BCUT2D eigenvalue weighted by Gasteiger charge is 2.53. The summed E-state index contributed by atoms with van der Waals surface area (Å²) in [6.07, 6.45) is 3.49. The number of carboxylic acids is 1. The summed E-state index contributed by atoms with van der Waals surface area (Å²) in [7, 11) is 0. The highest BCUT2D eigenvalue weighted by molar-refractivity contribution is 6.30. The van der Waals surface area contributed by atoms with Crippen LogP contribution in [0.2, 0.25) is 5.02 Å². The quantitative estimate of drug-likeness (QED) is 0.404. The van der Waals surface area contributed by atoms with Crippen LogP contribution in [-0.2, 0) is 22.7 Å². The Labute approximate surface area is 238 Å². The Morgan fingerprint density at radius 3 is 2.46 bits per heavy atom. The van der Waals surface area contributed by atoms with Gasteiger partial charge in [-0.1, -0.05) is 23.7 Å². The van der Waals surface area contributed by atoms with Gasteiger partial charge in [0.2, 0.25) is 5.91 Å². The monoisotopic (exact) mass is 579 g/mol. The molecule has 1 aliphatic carbocycles. The van der Waals surface area contributed by atoms with Crippen molar-refractivity contribution >= 4 is 52.4 Å². The normalized spacial score (nSPS) is 17.2. The number of carbonyl (C=O) groups excluding carboxylic acids is 3. The maximum absolute atomic E-state index is 13.5. The average Bonchev–Trinajstić information content (AvgIpc) is 3.66. The van der Waals surface area contributed by atoms with Gasteiger partial charge in [-0.05, 0) is 36.6 Å². The van der Waals surface area contributed by atoms with Gasteiger partial charge in [-0.3, -0.25) is 28.6 Å². The van der Waals surface area contributed by atoms with Crippen LogP contribution in [0.4, 0.5) is 10.6 Å². The molecule has 1 aromatic carbocycles. The van der Waals surface area contributed by atoms with Crippen molar-refractivity contribution in [1.82, 2.24) is 29.7 Å². The number of aliphatic carboxylic acids is 1. The SMILES string of the molecule is O=C(O)CN1CCN(c2cnc3c(cc(C(=O)NCc4ccc(Cl)cc4)c(=O)n3CC(=O)N3CC4(CC4)C3)n2)C1=O. The van der Waals surface area contributed by atoms with Crippen LogP contribution in [0.3, 0.4) is 0 Å². The molecule has 4 heterocycles. The third-order valence-corrected chi connectivity index (χ3v) is 7.99. The van der Waals surface area contributed by atoms with Crippen molar-refractivity contribution in [3.8, 4) is 0 Å². The number of amides is 4. The number of hydrogen-bond acceptors (Lipinski definition) is 7. The number of carbonyl (C=O) groups is 4. The third kappa shape index (κ3) is 5.20. The second-order valence-electron chi connectivity index (χ2n) is 10.7. The smallest absolute Gasteiger partial charge is 0.326 e. The molecular formula is C27H26ClN7O6. The number of nitrogens with one attached hydrogen (secondary N) is 1. The predicted octanol–water partition coefficient (Wildman–Crippen LogP) is 1.32. The summed E-state index contributed by atoms with van der Waals surface area (Å²) < 4.78 is 1.14. The third-order valence-electron chi connectivity index (χ3n) is 7.74. The molecule has 0 radical (unpaired) electrons. The van der Waals surface area contributed by atoms with Crippen molar-refractivity contribution in [2.45, 2.75) is 25.9 Å². The Morgan fingerprint density at radius 2 is 1.78 bits per heavy atom. The van der Waals surface area contributed by atoms with E-state index in [0.29, 0.717) is 18.1 Å². The lowest BCUT2D eigenvalue weighted by Crippen LogP contribution is -2.53. The molecule has 6 rings (SSSR count). The molecule has 4 amide bonds. The lowest BCUT2D eigenvalue weighted by Gasteiger charge is -2.40. The van der Waals surface area contributed by atoms with Gasteiger partial charge in [0, 0.05) is 43.2 Å². The van der Waals surface area contributed by atoms with E-state index in [1.54, 1.807) is 29.2 Å². The van der Waals surface area contributed by atoms with E-state index in [1.807, 2.05) is 0 Å². The maximum Gasteiger partial charge on any atom is 0.326 e. The molecule has 0 unspecified atom stereocenters. The molecule has 212 valence electrons. The zero-order chi connectivity index (χ0) is 28.9. The molecule has 14 heteroatoms. The number of rotatable bonds is 8. The van der Waals surface area contributed by atoms with Crippen molar-refractivity contribution in [2.24, 2.45) is 5.41 Å². The Hall–Kier alpha value is -4.52. The predicted molar refractivity (Wildman–Crippen MR) is 147 cm³/mol. The van der Waals surface area contributed by atoms with E-state index in [0.717, 1.165) is 23.0 Å². The fourth-order valence-corrected chi connectivity index (χ4v) is 5.35.